The van der Waals surface area contributed by atoms with E-state index in [0.717, 1.165) is 26.3 Å². The van der Waals surface area contributed by atoms with Crippen molar-refractivity contribution in [1.29, 1.82) is 0 Å². The number of rotatable bonds is 6. The zero-order valence-corrected chi connectivity index (χ0v) is 16.3. The van der Waals surface area contributed by atoms with Gasteiger partial charge in [0.1, 0.15) is 12.0 Å². The van der Waals surface area contributed by atoms with Crippen LogP contribution in [-0.4, -0.2) is 24.7 Å². The largest absolute Gasteiger partial charge is 0.497 e. The number of hydrogen-bond acceptors (Lipinski definition) is 4. The molecule has 3 aromatic rings. The molecule has 2 aromatic carbocycles. The Morgan fingerprint density at radius 1 is 1.15 bits per heavy atom. The summed E-state index contributed by atoms with van der Waals surface area (Å²) < 4.78 is 11.8. The minimum Gasteiger partial charge on any atom is -0.497 e. The summed E-state index contributed by atoms with van der Waals surface area (Å²) in [6, 6.07) is 14.8. The molecule has 1 heterocycles. The van der Waals surface area contributed by atoms with Crippen LogP contribution < -0.4 is 15.4 Å². The van der Waals surface area contributed by atoms with Crippen LogP contribution in [0.25, 0.3) is 11.5 Å². The van der Waals surface area contributed by atoms with Gasteiger partial charge in [-0.15, -0.1) is 0 Å². The molecule has 6 nitrogen and oxygen atoms in total. The van der Waals surface area contributed by atoms with Gasteiger partial charge < -0.3 is 19.8 Å². The summed E-state index contributed by atoms with van der Waals surface area (Å²) >= 11 is 2.22. The van der Waals surface area contributed by atoms with Crippen molar-refractivity contribution in [3.8, 4) is 17.2 Å². The molecule has 26 heavy (non-hydrogen) atoms. The molecule has 2 N–H and O–H groups in total. The molecule has 0 aliphatic carbocycles. The van der Waals surface area contributed by atoms with Crippen LogP contribution in [0.3, 0.4) is 0 Å². The number of halogens is 1. The zero-order chi connectivity index (χ0) is 18.4. The summed E-state index contributed by atoms with van der Waals surface area (Å²) in [6.07, 6.45) is 2.19. The Morgan fingerprint density at radius 3 is 2.58 bits per heavy atom. The predicted molar refractivity (Wildman–Crippen MR) is 108 cm³/mol. The number of aromatic nitrogens is 1. The molecule has 134 valence electrons. The molecule has 0 unspecified atom stereocenters. The highest BCUT2D eigenvalue weighted by Gasteiger charge is 2.08. The fraction of sp³-hybridized carbons (Fsp3) is 0.158. The molecule has 0 fully saturated rings. The molecule has 7 heteroatoms. The van der Waals surface area contributed by atoms with E-state index in [4.69, 9.17) is 9.15 Å². The number of urea groups is 1. The fourth-order valence-electron chi connectivity index (χ4n) is 2.30. The highest BCUT2D eigenvalue weighted by Crippen LogP contribution is 2.21. The number of ether oxygens (including phenoxy) is 1. The highest BCUT2D eigenvalue weighted by atomic mass is 127. The lowest BCUT2D eigenvalue weighted by atomic mass is 10.2. The number of benzene rings is 2. The molecule has 0 bridgehead atoms. The Hall–Kier alpha value is -2.55. The molecule has 0 spiro atoms. The Kier molecular flexibility index (Phi) is 6.11. The maximum atomic E-state index is 11.9. The smallest absolute Gasteiger partial charge is 0.319 e. The molecule has 3 rings (SSSR count). The van der Waals surface area contributed by atoms with Crippen LogP contribution in [0.1, 0.15) is 5.69 Å². The molecule has 0 aliphatic heterocycles. The van der Waals surface area contributed by atoms with Crippen LogP contribution >= 0.6 is 22.6 Å². The van der Waals surface area contributed by atoms with Crippen LogP contribution in [0.15, 0.2) is 59.2 Å². The van der Waals surface area contributed by atoms with E-state index in [1.807, 2.05) is 48.5 Å². The summed E-state index contributed by atoms with van der Waals surface area (Å²) in [5.41, 5.74) is 2.41. The van der Waals surface area contributed by atoms with Gasteiger partial charge in [-0.25, -0.2) is 9.78 Å². The minimum absolute atomic E-state index is 0.245. The molecule has 0 atom stereocenters. The van der Waals surface area contributed by atoms with E-state index in [1.54, 1.807) is 13.4 Å². The van der Waals surface area contributed by atoms with Crippen LogP contribution in [0.2, 0.25) is 0 Å². The number of hydrogen-bond donors (Lipinski definition) is 2. The maximum Gasteiger partial charge on any atom is 0.319 e. The molecular weight excluding hydrogens is 445 g/mol. The number of nitrogens with zero attached hydrogens (tertiary/aromatic N) is 1. The van der Waals surface area contributed by atoms with Gasteiger partial charge in [0.05, 0.1) is 12.8 Å². The van der Waals surface area contributed by atoms with Crippen LogP contribution in [0, 0.1) is 3.57 Å². The summed E-state index contributed by atoms with van der Waals surface area (Å²) in [4.78, 5) is 16.3. The quantitative estimate of drug-likeness (QED) is 0.534. The maximum absolute atomic E-state index is 11.9. The average molecular weight is 463 g/mol. The van der Waals surface area contributed by atoms with Crippen molar-refractivity contribution in [2.75, 3.05) is 19.0 Å². The first kappa shape index (κ1) is 18.2. The van der Waals surface area contributed by atoms with Gasteiger partial charge in [-0.2, -0.15) is 0 Å². The van der Waals surface area contributed by atoms with E-state index in [-0.39, 0.29) is 6.03 Å². The van der Waals surface area contributed by atoms with Gasteiger partial charge in [0.25, 0.3) is 0 Å². The van der Waals surface area contributed by atoms with E-state index in [1.165, 1.54) is 0 Å². The van der Waals surface area contributed by atoms with Gasteiger partial charge in [0, 0.05) is 27.8 Å². The highest BCUT2D eigenvalue weighted by molar-refractivity contribution is 14.1. The fourth-order valence-corrected chi connectivity index (χ4v) is 2.66. The van der Waals surface area contributed by atoms with E-state index in [9.17, 15) is 4.79 Å². The van der Waals surface area contributed by atoms with E-state index < -0.39 is 0 Å². The normalized spacial score (nSPS) is 10.4. The number of anilines is 1. The second kappa shape index (κ2) is 8.70. The molecular formula is C19H18IN3O3. The van der Waals surface area contributed by atoms with E-state index >= 15 is 0 Å². The second-order valence-corrected chi connectivity index (χ2v) is 6.76. The monoisotopic (exact) mass is 463 g/mol. The van der Waals surface area contributed by atoms with Gasteiger partial charge in [-0.3, -0.25) is 0 Å². The zero-order valence-electron chi connectivity index (χ0n) is 14.2. The first-order chi connectivity index (χ1) is 12.6. The Bertz CT molecular complexity index is 860. The number of amides is 2. The lowest BCUT2D eigenvalue weighted by Gasteiger charge is -2.06. The second-order valence-electron chi connectivity index (χ2n) is 5.51. The van der Waals surface area contributed by atoms with Gasteiger partial charge in [0.2, 0.25) is 5.89 Å². The van der Waals surface area contributed by atoms with Crippen molar-refractivity contribution in [1.82, 2.24) is 10.3 Å². The number of carbonyl (C=O) groups is 1. The van der Waals surface area contributed by atoms with Crippen molar-refractivity contribution < 1.29 is 13.9 Å². The van der Waals surface area contributed by atoms with Gasteiger partial charge in [0.15, 0.2) is 0 Å². The van der Waals surface area contributed by atoms with Crippen molar-refractivity contribution >= 4 is 34.3 Å². The molecule has 0 saturated carbocycles. The Labute approximate surface area is 165 Å². The lowest BCUT2D eigenvalue weighted by molar-refractivity contribution is 0.252. The number of oxazole rings is 1. The van der Waals surface area contributed by atoms with Gasteiger partial charge in [-0.05, 0) is 71.1 Å². The average Bonchev–Trinajstić information content (AvgIpc) is 3.12. The van der Waals surface area contributed by atoms with Crippen molar-refractivity contribution in [2.24, 2.45) is 0 Å². The standard InChI is InChI=1S/C19H18IN3O3/c1-25-17-8-2-13(3-9-17)18-22-16(12-26-18)10-11-21-19(24)23-15-6-4-14(20)5-7-15/h2-9,12H,10-11H2,1H3,(H2,21,23,24). The van der Waals surface area contributed by atoms with Crippen molar-refractivity contribution in [2.45, 2.75) is 6.42 Å². The predicted octanol–water partition coefficient (Wildman–Crippen LogP) is 4.32. The Balaban J connectivity index is 1.48. The number of carbonyl (C=O) groups excluding carboxylic acids is 1. The number of methoxy groups -OCH3 is 1. The topological polar surface area (TPSA) is 76.4 Å². The third-order valence-corrected chi connectivity index (χ3v) is 4.38. The van der Waals surface area contributed by atoms with Gasteiger partial charge in [-0.1, -0.05) is 0 Å². The minimum atomic E-state index is -0.245. The summed E-state index contributed by atoms with van der Waals surface area (Å²) in [7, 11) is 1.62. The Morgan fingerprint density at radius 2 is 1.88 bits per heavy atom. The molecule has 0 saturated heterocycles. The third kappa shape index (κ3) is 4.98. The third-order valence-electron chi connectivity index (χ3n) is 3.66. The summed E-state index contributed by atoms with van der Waals surface area (Å²) in [5, 5.41) is 5.60. The molecule has 0 radical (unpaired) electrons. The molecule has 1 aromatic heterocycles. The van der Waals surface area contributed by atoms with Crippen LogP contribution in [-0.2, 0) is 6.42 Å². The van der Waals surface area contributed by atoms with E-state index in [2.05, 4.69) is 38.2 Å². The lowest BCUT2D eigenvalue weighted by Crippen LogP contribution is -2.30. The summed E-state index contributed by atoms with van der Waals surface area (Å²) in [6.45, 7) is 0.463. The SMILES string of the molecule is COc1ccc(-c2nc(CCNC(=O)Nc3ccc(I)cc3)co2)cc1. The number of nitrogens with one attached hydrogen (secondary N) is 2. The molecule has 0 aliphatic rings. The first-order valence-electron chi connectivity index (χ1n) is 8.03. The van der Waals surface area contributed by atoms with E-state index in [0.29, 0.717) is 18.9 Å². The van der Waals surface area contributed by atoms with Crippen LogP contribution in [0.4, 0.5) is 10.5 Å². The summed E-state index contributed by atoms with van der Waals surface area (Å²) in [5.74, 6) is 1.33. The van der Waals surface area contributed by atoms with Crippen LogP contribution in [0.5, 0.6) is 5.75 Å². The molecule has 2 amide bonds. The van der Waals surface area contributed by atoms with Crippen molar-refractivity contribution in [3.05, 3.63) is 64.1 Å². The first-order valence-corrected chi connectivity index (χ1v) is 9.11. The van der Waals surface area contributed by atoms with Crippen molar-refractivity contribution in [3.63, 3.8) is 0 Å². The van der Waals surface area contributed by atoms with Gasteiger partial charge >= 0.3 is 6.03 Å².